The molecule has 2 amide bonds. The number of fused-ring (bicyclic) bond motifs is 2. The molecule has 0 saturated carbocycles. The van der Waals surface area contributed by atoms with E-state index in [2.05, 4.69) is 32.8 Å². The maximum Gasteiger partial charge on any atom is 0.285 e. The monoisotopic (exact) mass is 759 g/mol. The molecule has 0 aromatic heterocycles. The van der Waals surface area contributed by atoms with E-state index in [4.69, 9.17) is 4.74 Å². The number of benzene rings is 3. The first-order valence-corrected chi connectivity index (χ1v) is 18.8. The Hall–Kier alpha value is -4.68. The van der Waals surface area contributed by atoms with Crippen molar-refractivity contribution in [2.75, 3.05) is 68.4 Å². The number of imide groups is 1. The molecule has 3 saturated heterocycles. The van der Waals surface area contributed by atoms with Crippen molar-refractivity contribution in [1.82, 2.24) is 25.8 Å². The number of aliphatic hydroxyl groups excluding tert-OH is 1. The highest BCUT2D eigenvalue weighted by Gasteiger charge is 2.48. The van der Waals surface area contributed by atoms with E-state index >= 15 is 8.78 Å². The molecule has 5 heterocycles. The smallest absolute Gasteiger partial charge is 0.285 e. The minimum absolute atomic E-state index is 0.0634. The molecule has 3 unspecified atom stereocenters. The van der Waals surface area contributed by atoms with Crippen molar-refractivity contribution in [2.45, 2.75) is 57.1 Å². The van der Waals surface area contributed by atoms with E-state index in [1.807, 2.05) is 52.3 Å². The van der Waals surface area contributed by atoms with Crippen molar-refractivity contribution in [3.63, 3.8) is 0 Å². The van der Waals surface area contributed by atoms with Gasteiger partial charge in [-0.1, -0.05) is 18.7 Å². The number of carbonyl (C=O) groups is 2. The normalized spacial score (nSPS) is 24.8. The third-order valence-electron chi connectivity index (χ3n) is 11.5. The van der Waals surface area contributed by atoms with E-state index < -0.39 is 40.4 Å². The second-order valence-corrected chi connectivity index (χ2v) is 15.0. The molecule has 3 aromatic carbocycles. The third kappa shape index (κ3) is 7.15. The lowest BCUT2D eigenvalue weighted by atomic mass is 9.99. The number of morpholine rings is 1. The fourth-order valence-electron chi connectivity index (χ4n) is 8.60. The Bertz CT molecular complexity index is 1950. The van der Waals surface area contributed by atoms with Crippen molar-refractivity contribution in [3.8, 4) is 11.1 Å². The van der Waals surface area contributed by atoms with Gasteiger partial charge in [-0.05, 0) is 54.8 Å². The van der Waals surface area contributed by atoms with Crippen molar-refractivity contribution in [2.24, 2.45) is 0 Å². The molecular weight excluding hydrogens is 712 g/mol. The first kappa shape index (κ1) is 37.3. The van der Waals surface area contributed by atoms with Gasteiger partial charge in [-0.15, -0.1) is 5.53 Å². The number of amides is 2. The van der Waals surface area contributed by atoms with E-state index in [0.717, 1.165) is 35.5 Å². The van der Waals surface area contributed by atoms with Gasteiger partial charge in [0, 0.05) is 92.8 Å². The van der Waals surface area contributed by atoms with Crippen LogP contribution < -0.4 is 26.2 Å². The Kier molecular flexibility index (Phi) is 10.2. The fourth-order valence-corrected chi connectivity index (χ4v) is 8.60. The number of carbonyl (C=O) groups excluding carboxylic acids is 2. The van der Waals surface area contributed by atoms with Crippen LogP contribution in [-0.2, 0) is 27.4 Å². The summed E-state index contributed by atoms with van der Waals surface area (Å²) >= 11 is 0. The molecule has 3 fully saturated rings. The topological polar surface area (TPSA) is 139 Å². The number of nitrogens with one attached hydrogen (secondary N) is 3. The molecule has 3 atom stereocenters. The third-order valence-corrected chi connectivity index (χ3v) is 11.5. The highest BCUT2D eigenvalue weighted by atomic mass is 19.1. The molecule has 292 valence electrons. The number of nitrogens with zero attached hydrogens (tertiary/aromatic N) is 6. The molecular formula is C39H47F2N9O5. The summed E-state index contributed by atoms with van der Waals surface area (Å²) < 4.78 is 35.1. The lowest BCUT2D eigenvalue weighted by molar-refractivity contribution is -0.954. The quantitative estimate of drug-likeness (QED) is 0.104. The largest absolute Gasteiger partial charge is 0.630 e. The van der Waals surface area contributed by atoms with Crippen LogP contribution in [0.3, 0.4) is 0 Å². The molecule has 0 aliphatic carbocycles. The van der Waals surface area contributed by atoms with Gasteiger partial charge in [0.25, 0.3) is 5.91 Å². The zero-order chi connectivity index (χ0) is 38.4. The summed E-state index contributed by atoms with van der Waals surface area (Å²) in [5, 5.41) is 33.1. The van der Waals surface area contributed by atoms with Gasteiger partial charge >= 0.3 is 0 Å². The molecule has 16 heteroatoms. The van der Waals surface area contributed by atoms with Crippen LogP contribution in [0.25, 0.3) is 11.1 Å². The minimum atomic E-state index is -1.40. The van der Waals surface area contributed by atoms with Gasteiger partial charge in [0.2, 0.25) is 12.1 Å². The number of hydrazine groups is 3. The number of rotatable bonds is 10. The maximum absolute atomic E-state index is 15.4. The summed E-state index contributed by atoms with van der Waals surface area (Å²) in [7, 11) is 1.95. The van der Waals surface area contributed by atoms with Gasteiger partial charge in [0.1, 0.15) is 24.8 Å². The van der Waals surface area contributed by atoms with Crippen LogP contribution in [0.5, 0.6) is 0 Å². The second kappa shape index (κ2) is 15.1. The number of hydroxylamine groups is 3. The molecule has 5 aliphatic rings. The first-order chi connectivity index (χ1) is 26.5. The first-order valence-electron chi connectivity index (χ1n) is 18.8. The van der Waals surface area contributed by atoms with Gasteiger partial charge in [0.05, 0.1) is 24.6 Å². The summed E-state index contributed by atoms with van der Waals surface area (Å²) in [4.78, 5) is 28.2. The summed E-state index contributed by atoms with van der Waals surface area (Å²) in [6.45, 7) is 8.54. The average Bonchev–Trinajstić information content (AvgIpc) is 3.63. The zero-order valence-corrected chi connectivity index (χ0v) is 30.8. The molecule has 0 radical (unpaired) electrons. The number of hydrogen-bond donors (Lipinski definition) is 4. The van der Waals surface area contributed by atoms with Crippen molar-refractivity contribution in [3.05, 3.63) is 94.8 Å². The van der Waals surface area contributed by atoms with E-state index in [1.54, 1.807) is 12.3 Å². The molecule has 0 bridgehead atoms. The number of piperidine rings is 2. The molecule has 4 N–H and O–H groups in total. The number of halogens is 2. The van der Waals surface area contributed by atoms with E-state index in [0.29, 0.717) is 62.8 Å². The maximum atomic E-state index is 15.4. The zero-order valence-electron chi connectivity index (χ0n) is 30.8. The van der Waals surface area contributed by atoms with Crippen LogP contribution in [0, 0.1) is 16.8 Å². The number of hydrogen-bond acceptors (Lipinski definition) is 12. The predicted octanol–water partition coefficient (Wildman–Crippen LogP) is 3.66. The Balaban J connectivity index is 0.895. The number of ether oxygens (including phenoxy) is 1. The minimum Gasteiger partial charge on any atom is -0.630 e. The highest BCUT2D eigenvalue weighted by molar-refractivity contribution is 5.99. The number of para-hydroxylation sites is 1. The van der Waals surface area contributed by atoms with Gasteiger partial charge in [-0.3, -0.25) is 29.8 Å². The van der Waals surface area contributed by atoms with Crippen LogP contribution >= 0.6 is 0 Å². The Labute approximate surface area is 318 Å². The standard InChI is InChI=1S/C39H47F2N9O5/c1-3-48(28-11-13-47(14-12-28)43-27-7-8-30-26(19-27)23-50(54,39(30)53)35-9-10-36(51)42-38(35)52)44-49-24-45(2)37-29(5-4-6-34(37)49)25-20-32(40)31(33(41)21-25)22-46-15-17-55-18-16-46/h3-8,19-21,28,35,39,43-44,53H,1,9-18,22-24H2,2H3,(H,42,51,52). The van der Waals surface area contributed by atoms with E-state index in [-0.39, 0.29) is 37.5 Å². The fraction of sp³-hybridized carbons (Fsp3) is 0.436. The van der Waals surface area contributed by atoms with Crippen LogP contribution in [0.1, 0.15) is 48.6 Å². The van der Waals surface area contributed by atoms with Gasteiger partial charge in [0.15, 0.2) is 6.04 Å². The van der Waals surface area contributed by atoms with Crippen molar-refractivity contribution in [1.29, 1.82) is 0 Å². The van der Waals surface area contributed by atoms with Gasteiger partial charge in [-0.25, -0.2) is 13.8 Å². The Morgan fingerprint density at radius 3 is 2.53 bits per heavy atom. The van der Waals surface area contributed by atoms with Crippen molar-refractivity contribution < 1.29 is 32.9 Å². The Morgan fingerprint density at radius 2 is 1.82 bits per heavy atom. The van der Waals surface area contributed by atoms with Crippen LogP contribution in [0.2, 0.25) is 0 Å². The number of aliphatic hydroxyl groups is 1. The molecule has 8 rings (SSSR count). The average molecular weight is 760 g/mol. The molecule has 3 aromatic rings. The lowest BCUT2D eigenvalue weighted by Crippen LogP contribution is -2.59. The Morgan fingerprint density at radius 1 is 1.07 bits per heavy atom. The molecule has 0 spiro atoms. The number of quaternary nitrogens is 1. The molecule has 55 heavy (non-hydrogen) atoms. The second-order valence-electron chi connectivity index (χ2n) is 15.0. The van der Waals surface area contributed by atoms with Crippen molar-refractivity contribution >= 4 is 28.9 Å². The summed E-state index contributed by atoms with van der Waals surface area (Å²) in [5.74, 6) is -2.16. The summed E-state index contributed by atoms with van der Waals surface area (Å²) in [6.07, 6.45) is 2.15. The summed E-state index contributed by atoms with van der Waals surface area (Å²) in [6, 6.07) is 13.1. The predicted molar refractivity (Wildman–Crippen MR) is 202 cm³/mol. The molecule has 5 aliphatic heterocycles. The molecule has 14 nitrogen and oxygen atoms in total. The van der Waals surface area contributed by atoms with Crippen LogP contribution in [0.15, 0.2) is 61.3 Å². The lowest BCUT2D eigenvalue weighted by Gasteiger charge is -2.47. The highest BCUT2D eigenvalue weighted by Crippen LogP contribution is 2.44. The SMILES string of the molecule is C=CN(NN1CN(C)c2c(-c3cc(F)c(CN4CCOCC4)c(F)c3)cccc21)C1CCN(Nc2ccc3c(c2)C[N+]([O-])(C2CCC(=O)NC2=O)C3O)CC1. The van der Waals surface area contributed by atoms with E-state index in [1.165, 1.54) is 12.1 Å². The van der Waals surface area contributed by atoms with Crippen LogP contribution in [0.4, 0.5) is 25.8 Å². The van der Waals surface area contributed by atoms with E-state index in [9.17, 15) is 19.9 Å². The van der Waals surface area contributed by atoms with Gasteiger partial charge < -0.3 is 30.0 Å². The van der Waals surface area contributed by atoms with Gasteiger partial charge in [-0.2, -0.15) is 0 Å². The summed E-state index contributed by atoms with van der Waals surface area (Å²) in [5.41, 5.74) is 11.9. The number of anilines is 3. The van der Waals surface area contributed by atoms with Crippen LogP contribution in [-0.4, -0.2) is 102 Å².